The number of anilines is 2. The predicted octanol–water partition coefficient (Wildman–Crippen LogP) is 3.81. The van der Waals surface area contributed by atoms with Crippen LogP contribution in [0, 0.1) is 11.6 Å². The molecule has 0 aliphatic carbocycles. The van der Waals surface area contributed by atoms with Gasteiger partial charge in [-0.25, -0.2) is 13.8 Å². The minimum absolute atomic E-state index is 0.168. The summed E-state index contributed by atoms with van der Waals surface area (Å²) in [5, 5.41) is 5.47. The Kier molecular flexibility index (Phi) is 4.85. The lowest BCUT2D eigenvalue weighted by atomic mass is 10.2. The molecule has 0 atom stereocenters. The number of carbonyl (C=O) groups excluding carboxylic acids is 1. The van der Waals surface area contributed by atoms with Gasteiger partial charge in [-0.3, -0.25) is 4.79 Å². The molecule has 0 unspecified atom stereocenters. The van der Waals surface area contributed by atoms with Gasteiger partial charge in [-0.2, -0.15) is 0 Å². The molecule has 1 aromatic heterocycles. The molecule has 4 nitrogen and oxygen atoms in total. The second-order valence-corrected chi connectivity index (χ2v) is 5.08. The van der Waals surface area contributed by atoms with E-state index in [1.165, 1.54) is 6.07 Å². The summed E-state index contributed by atoms with van der Waals surface area (Å²) in [6.45, 7) is 2.47. The lowest BCUT2D eigenvalue weighted by molar-refractivity contribution is 0.102. The van der Waals surface area contributed by atoms with E-state index in [9.17, 15) is 13.6 Å². The van der Waals surface area contributed by atoms with E-state index in [1.807, 2.05) is 6.92 Å². The van der Waals surface area contributed by atoms with Crippen molar-refractivity contribution in [3.63, 3.8) is 0 Å². The maximum Gasteiger partial charge on any atom is 0.259 e. The van der Waals surface area contributed by atoms with Gasteiger partial charge in [-0.05, 0) is 41.1 Å². The number of nitrogens with zero attached hydrogens (tertiary/aromatic N) is 1. The van der Waals surface area contributed by atoms with Crippen LogP contribution in [-0.2, 0) is 0 Å². The Bertz CT molecular complexity index is 679. The van der Waals surface area contributed by atoms with E-state index in [4.69, 9.17) is 0 Å². The Morgan fingerprint density at radius 1 is 1.29 bits per heavy atom. The zero-order valence-corrected chi connectivity index (χ0v) is 12.7. The van der Waals surface area contributed by atoms with Crippen molar-refractivity contribution in [1.29, 1.82) is 0 Å². The van der Waals surface area contributed by atoms with Crippen molar-refractivity contribution >= 4 is 33.3 Å². The predicted molar refractivity (Wildman–Crippen MR) is 80.4 cm³/mol. The van der Waals surface area contributed by atoms with Crippen molar-refractivity contribution in [2.24, 2.45) is 0 Å². The molecule has 0 radical (unpaired) electrons. The zero-order valence-electron chi connectivity index (χ0n) is 11.1. The molecule has 2 aromatic rings. The third kappa shape index (κ3) is 3.75. The van der Waals surface area contributed by atoms with Gasteiger partial charge in [0.15, 0.2) is 11.6 Å². The summed E-state index contributed by atoms with van der Waals surface area (Å²) < 4.78 is 26.6. The van der Waals surface area contributed by atoms with Crippen molar-refractivity contribution in [2.45, 2.75) is 6.92 Å². The van der Waals surface area contributed by atoms with Crippen LogP contribution >= 0.6 is 15.9 Å². The first kappa shape index (κ1) is 15.4. The molecule has 0 aliphatic rings. The summed E-state index contributed by atoms with van der Waals surface area (Å²) in [5.74, 6) is -2.04. The van der Waals surface area contributed by atoms with E-state index in [0.717, 1.165) is 12.1 Å². The number of carbonyl (C=O) groups is 1. The molecule has 1 aromatic carbocycles. The van der Waals surface area contributed by atoms with E-state index in [1.54, 1.807) is 12.3 Å². The molecular formula is C14H12BrF2N3O. The zero-order chi connectivity index (χ0) is 15.4. The molecule has 0 spiro atoms. The molecule has 0 fully saturated rings. The number of hydrogen-bond donors (Lipinski definition) is 2. The standard InChI is InChI=1S/C14H12BrF2N3O/c1-2-18-13-10(5-8(15)7-19-13)14(21)20-9-3-4-11(16)12(17)6-9/h3-7H,2H2,1H3,(H,18,19)(H,20,21). The highest BCUT2D eigenvalue weighted by Gasteiger charge is 2.14. The van der Waals surface area contributed by atoms with Crippen LogP contribution in [0.4, 0.5) is 20.3 Å². The molecule has 0 aliphatic heterocycles. The molecule has 0 bridgehead atoms. The van der Waals surface area contributed by atoms with Gasteiger partial charge in [-0.15, -0.1) is 0 Å². The van der Waals surface area contributed by atoms with Crippen LogP contribution < -0.4 is 10.6 Å². The lowest BCUT2D eigenvalue weighted by Crippen LogP contribution is -2.16. The summed E-state index contributed by atoms with van der Waals surface area (Å²) >= 11 is 3.24. The van der Waals surface area contributed by atoms with Crippen LogP contribution in [0.5, 0.6) is 0 Å². The summed E-state index contributed by atoms with van der Waals surface area (Å²) in [6, 6.07) is 4.76. The van der Waals surface area contributed by atoms with Crippen molar-refractivity contribution in [3.05, 3.63) is 52.1 Å². The molecule has 0 saturated heterocycles. The molecule has 0 saturated carbocycles. The Morgan fingerprint density at radius 3 is 2.71 bits per heavy atom. The number of hydrogen-bond acceptors (Lipinski definition) is 3. The van der Waals surface area contributed by atoms with Gasteiger partial charge in [0.05, 0.1) is 5.56 Å². The molecule has 1 heterocycles. The fraction of sp³-hybridized carbons (Fsp3) is 0.143. The highest BCUT2D eigenvalue weighted by Crippen LogP contribution is 2.20. The number of halogens is 3. The number of aromatic nitrogens is 1. The van der Waals surface area contributed by atoms with Crippen LogP contribution in [0.25, 0.3) is 0 Å². The molecular weight excluding hydrogens is 344 g/mol. The van der Waals surface area contributed by atoms with Crippen molar-refractivity contribution in [1.82, 2.24) is 4.98 Å². The van der Waals surface area contributed by atoms with Gasteiger partial charge in [0.1, 0.15) is 5.82 Å². The quantitative estimate of drug-likeness (QED) is 0.876. The van der Waals surface area contributed by atoms with E-state index < -0.39 is 17.5 Å². The van der Waals surface area contributed by atoms with Crippen LogP contribution in [0.15, 0.2) is 34.9 Å². The maximum atomic E-state index is 13.1. The third-order valence-corrected chi connectivity index (χ3v) is 3.05. The van der Waals surface area contributed by atoms with E-state index in [0.29, 0.717) is 22.4 Å². The number of rotatable bonds is 4. The number of benzene rings is 1. The highest BCUT2D eigenvalue weighted by molar-refractivity contribution is 9.10. The van der Waals surface area contributed by atoms with Gasteiger partial charge in [-0.1, -0.05) is 0 Å². The van der Waals surface area contributed by atoms with Gasteiger partial charge < -0.3 is 10.6 Å². The van der Waals surface area contributed by atoms with Gasteiger partial charge in [0, 0.05) is 29.0 Å². The minimum atomic E-state index is -1.02. The summed E-state index contributed by atoms with van der Waals surface area (Å²) in [6.07, 6.45) is 1.56. The second kappa shape index (κ2) is 6.62. The highest BCUT2D eigenvalue weighted by atomic mass is 79.9. The largest absolute Gasteiger partial charge is 0.370 e. The Labute approximate surface area is 128 Å². The average molecular weight is 356 g/mol. The summed E-state index contributed by atoms with van der Waals surface area (Å²) in [7, 11) is 0. The fourth-order valence-corrected chi connectivity index (χ4v) is 2.02. The van der Waals surface area contributed by atoms with Crippen molar-refractivity contribution < 1.29 is 13.6 Å². The Hall–Kier alpha value is -2.02. The first-order valence-corrected chi connectivity index (χ1v) is 6.96. The van der Waals surface area contributed by atoms with Gasteiger partial charge >= 0.3 is 0 Å². The first-order valence-electron chi connectivity index (χ1n) is 6.17. The number of amides is 1. The maximum absolute atomic E-state index is 13.1. The van der Waals surface area contributed by atoms with E-state index in [-0.39, 0.29) is 5.69 Å². The normalized spacial score (nSPS) is 10.3. The Balaban J connectivity index is 2.27. The van der Waals surface area contributed by atoms with Crippen molar-refractivity contribution in [2.75, 3.05) is 17.2 Å². The molecule has 7 heteroatoms. The van der Waals surface area contributed by atoms with Crippen LogP contribution in [0.1, 0.15) is 17.3 Å². The number of nitrogens with one attached hydrogen (secondary N) is 2. The number of pyridine rings is 1. The van der Waals surface area contributed by atoms with Gasteiger partial charge in [0.2, 0.25) is 0 Å². The molecule has 2 N–H and O–H groups in total. The van der Waals surface area contributed by atoms with E-state index >= 15 is 0 Å². The minimum Gasteiger partial charge on any atom is -0.370 e. The van der Waals surface area contributed by atoms with Crippen molar-refractivity contribution in [3.8, 4) is 0 Å². The SMILES string of the molecule is CCNc1ncc(Br)cc1C(=O)Nc1ccc(F)c(F)c1. The smallest absolute Gasteiger partial charge is 0.259 e. The molecule has 2 rings (SSSR count). The van der Waals surface area contributed by atoms with Crippen LogP contribution in [0.2, 0.25) is 0 Å². The lowest BCUT2D eigenvalue weighted by Gasteiger charge is -2.11. The molecule has 1 amide bonds. The molecule has 21 heavy (non-hydrogen) atoms. The summed E-state index contributed by atoms with van der Waals surface area (Å²) in [4.78, 5) is 16.3. The molecule has 110 valence electrons. The topological polar surface area (TPSA) is 54.0 Å². The first-order chi connectivity index (χ1) is 10.0. The van der Waals surface area contributed by atoms with E-state index in [2.05, 4.69) is 31.5 Å². The second-order valence-electron chi connectivity index (χ2n) is 4.16. The van der Waals surface area contributed by atoms with Crippen LogP contribution in [0.3, 0.4) is 0 Å². The fourth-order valence-electron chi connectivity index (χ4n) is 1.69. The summed E-state index contributed by atoms with van der Waals surface area (Å²) in [5.41, 5.74) is 0.470. The van der Waals surface area contributed by atoms with Crippen LogP contribution in [-0.4, -0.2) is 17.4 Å². The monoisotopic (exact) mass is 355 g/mol. The van der Waals surface area contributed by atoms with Gasteiger partial charge in [0.25, 0.3) is 5.91 Å². The average Bonchev–Trinajstić information content (AvgIpc) is 2.45. The Morgan fingerprint density at radius 2 is 2.05 bits per heavy atom. The third-order valence-electron chi connectivity index (χ3n) is 2.62.